The number of hydrogen-bond donors (Lipinski definition) is 2. The molecule has 2 N–H and O–H groups in total. The second-order valence-corrected chi connectivity index (χ2v) is 11.8. The van der Waals surface area contributed by atoms with Crippen LogP contribution in [-0.2, 0) is 19.9 Å². The van der Waals surface area contributed by atoms with Crippen molar-refractivity contribution in [2.24, 2.45) is 0 Å². The number of amides is 1. The van der Waals surface area contributed by atoms with Crippen LogP contribution >= 0.6 is 11.6 Å². The van der Waals surface area contributed by atoms with E-state index in [0.717, 1.165) is 11.8 Å². The number of carbonyl (C=O) groups is 1. The van der Waals surface area contributed by atoms with Crippen LogP contribution in [0.15, 0.2) is 76.5 Å². The average molecular weight is 507 g/mol. The molecule has 7 nitrogen and oxygen atoms in total. The van der Waals surface area contributed by atoms with Gasteiger partial charge in [-0.25, -0.2) is 16.8 Å². The van der Waals surface area contributed by atoms with Gasteiger partial charge in [-0.2, -0.15) is 0 Å². The number of benzene rings is 3. The fourth-order valence-electron chi connectivity index (χ4n) is 3.06. The van der Waals surface area contributed by atoms with Gasteiger partial charge in [-0.3, -0.25) is 9.52 Å². The topological polar surface area (TPSA) is 109 Å². The molecule has 0 aromatic heterocycles. The first-order valence-corrected chi connectivity index (χ1v) is 13.6. The monoisotopic (exact) mass is 506 g/mol. The van der Waals surface area contributed by atoms with E-state index >= 15 is 0 Å². The zero-order valence-electron chi connectivity index (χ0n) is 18.2. The first-order valence-electron chi connectivity index (χ1n) is 9.87. The van der Waals surface area contributed by atoms with E-state index < -0.39 is 31.8 Å². The molecule has 174 valence electrons. The molecule has 1 amide bonds. The Morgan fingerprint density at radius 1 is 0.879 bits per heavy atom. The molecule has 3 rings (SSSR count). The third-order valence-electron chi connectivity index (χ3n) is 4.95. The Balaban J connectivity index is 1.72. The molecular weight excluding hydrogens is 484 g/mol. The van der Waals surface area contributed by atoms with E-state index in [9.17, 15) is 21.6 Å². The summed E-state index contributed by atoms with van der Waals surface area (Å²) in [7, 11) is -7.11. The van der Waals surface area contributed by atoms with Gasteiger partial charge in [-0.1, -0.05) is 41.4 Å². The van der Waals surface area contributed by atoms with Gasteiger partial charge < -0.3 is 5.32 Å². The summed E-state index contributed by atoms with van der Waals surface area (Å²) in [4.78, 5) is 13.0. The van der Waals surface area contributed by atoms with Crippen molar-refractivity contribution >= 4 is 43.1 Å². The highest BCUT2D eigenvalue weighted by Crippen LogP contribution is 2.25. The van der Waals surface area contributed by atoms with Crippen molar-refractivity contribution in [2.45, 2.75) is 29.7 Å². The minimum Gasteiger partial charge on any atom is -0.345 e. The van der Waals surface area contributed by atoms with Crippen molar-refractivity contribution in [3.63, 3.8) is 0 Å². The van der Waals surface area contributed by atoms with E-state index in [1.165, 1.54) is 42.5 Å². The number of aryl methyl sites for hydroxylation is 1. The highest BCUT2D eigenvalue weighted by molar-refractivity contribution is 7.92. The maximum atomic E-state index is 12.7. The van der Waals surface area contributed by atoms with Crippen molar-refractivity contribution in [3.8, 4) is 0 Å². The van der Waals surface area contributed by atoms with E-state index in [4.69, 9.17) is 11.6 Å². The first-order chi connectivity index (χ1) is 15.4. The van der Waals surface area contributed by atoms with Crippen LogP contribution in [0.4, 0.5) is 5.69 Å². The van der Waals surface area contributed by atoms with Crippen LogP contribution in [0.2, 0.25) is 5.02 Å². The van der Waals surface area contributed by atoms with Gasteiger partial charge in [0.2, 0.25) is 0 Å². The van der Waals surface area contributed by atoms with Gasteiger partial charge >= 0.3 is 0 Å². The summed E-state index contributed by atoms with van der Waals surface area (Å²) >= 11 is 6.26. The SMILES string of the molecule is Cc1ccc(S(=O)(=O)Nc2ccc(C(=O)N[C@H](C)c3ccc(S(C)(=O)=O)cc3)c(Cl)c2)cc1. The van der Waals surface area contributed by atoms with Gasteiger partial charge in [0.05, 0.1) is 32.1 Å². The van der Waals surface area contributed by atoms with E-state index in [1.54, 1.807) is 31.2 Å². The molecule has 33 heavy (non-hydrogen) atoms. The molecule has 0 heterocycles. The van der Waals surface area contributed by atoms with E-state index in [2.05, 4.69) is 10.0 Å². The molecule has 0 spiro atoms. The minimum atomic E-state index is -3.80. The molecular formula is C23H23ClN2O5S2. The van der Waals surface area contributed by atoms with Gasteiger partial charge in [0, 0.05) is 6.26 Å². The molecule has 0 aliphatic heterocycles. The number of halogens is 1. The third kappa shape index (κ3) is 6.13. The van der Waals surface area contributed by atoms with Crippen molar-refractivity contribution in [2.75, 3.05) is 11.0 Å². The van der Waals surface area contributed by atoms with Crippen molar-refractivity contribution in [3.05, 3.63) is 88.4 Å². The summed E-state index contributed by atoms with van der Waals surface area (Å²) < 4.78 is 50.8. The van der Waals surface area contributed by atoms with Crippen LogP contribution in [0.3, 0.4) is 0 Å². The largest absolute Gasteiger partial charge is 0.345 e. The molecule has 0 bridgehead atoms. The lowest BCUT2D eigenvalue weighted by Gasteiger charge is -2.16. The van der Waals surface area contributed by atoms with Crippen LogP contribution in [0.5, 0.6) is 0 Å². The van der Waals surface area contributed by atoms with Crippen LogP contribution in [0.1, 0.15) is 34.5 Å². The van der Waals surface area contributed by atoms with Gasteiger partial charge in [-0.05, 0) is 61.9 Å². The van der Waals surface area contributed by atoms with Crippen LogP contribution in [-0.4, -0.2) is 29.0 Å². The molecule has 0 saturated carbocycles. The van der Waals surface area contributed by atoms with E-state index in [-0.39, 0.29) is 26.1 Å². The predicted octanol–water partition coefficient (Wildman–Crippen LogP) is 4.34. The fourth-order valence-corrected chi connectivity index (χ4v) is 5.00. The summed E-state index contributed by atoms with van der Waals surface area (Å²) in [5.41, 5.74) is 2.05. The third-order valence-corrected chi connectivity index (χ3v) is 7.79. The Hall–Kier alpha value is -2.88. The van der Waals surface area contributed by atoms with Crippen LogP contribution in [0.25, 0.3) is 0 Å². The highest BCUT2D eigenvalue weighted by atomic mass is 35.5. The zero-order chi connectivity index (χ0) is 24.4. The van der Waals surface area contributed by atoms with Crippen molar-refractivity contribution < 1.29 is 21.6 Å². The lowest BCUT2D eigenvalue weighted by molar-refractivity contribution is 0.0940. The average Bonchev–Trinajstić information content (AvgIpc) is 2.73. The lowest BCUT2D eigenvalue weighted by Crippen LogP contribution is -2.27. The molecule has 0 unspecified atom stereocenters. The molecule has 10 heteroatoms. The van der Waals surface area contributed by atoms with Crippen molar-refractivity contribution in [1.82, 2.24) is 5.32 Å². The lowest BCUT2D eigenvalue weighted by atomic mass is 10.1. The number of sulfone groups is 1. The Bertz CT molecular complexity index is 1390. The molecule has 0 fully saturated rings. The van der Waals surface area contributed by atoms with E-state index in [0.29, 0.717) is 5.56 Å². The normalized spacial score (nSPS) is 12.7. The van der Waals surface area contributed by atoms with Crippen molar-refractivity contribution in [1.29, 1.82) is 0 Å². The molecule has 3 aromatic rings. The molecule has 3 aromatic carbocycles. The summed E-state index contributed by atoms with van der Waals surface area (Å²) in [6.07, 6.45) is 1.12. The number of sulfonamides is 1. The molecule has 0 aliphatic rings. The second kappa shape index (κ2) is 9.54. The number of hydrogen-bond acceptors (Lipinski definition) is 5. The standard InChI is InChI=1S/C23H23ClN2O5S2/c1-15-4-9-20(10-5-15)33(30,31)26-18-8-13-21(22(24)14-18)23(27)25-16(2)17-6-11-19(12-7-17)32(3,28)29/h4-14,16,26H,1-3H3,(H,25,27)/t16-/m1/s1. The van der Waals surface area contributed by atoms with Crippen LogP contribution in [0, 0.1) is 6.92 Å². The predicted molar refractivity (Wildman–Crippen MR) is 129 cm³/mol. The Morgan fingerprint density at radius 2 is 1.45 bits per heavy atom. The number of anilines is 1. The highest BCUT2D eigenvalue weighted by Gasteiger charge is 2.18. The quantitative estimate of drug-likeness (QED) is 0.495. The maximum absolute atomic E-state index is 12.7. The number of carbonyl (C=O) groups excluding carboxylic acids is 1. The van der Waals surface area contributed by atoms with Gasteiger partial charge in [0.25, 0.3) is 15.9 Å². The Kier molecular flexibility index (Phi) is 7.16. The summed E-state index contributed by atoms with van der Waals surface area (Å²) in [6.45, 7) is 3.62. The first kappa shape index (κ1) is 24.8. The maximum Gasteiger partial charge on any atom is 0.261 e. The van der Waals surface area contributed by atoms with Gasteiger partial charge in [0.15, 0.2) is 9.84 Å². The van der Waals surface area contributed by atoms with Crippen LogP contribution < -0.4 is 10.0 Å². The van der Waals surface area contributed by atoms with Gasteiger partial charge in [0.1, 0.15) is 0 Å². The minimum absolute atomic E-state index is 0.0798. The van der Waals surface area contributed by atoms with E-state index in [1.807, 2.05) is 6.92 Å². The number of rotatable bonds is 7. The summed E-state index contributed by atoms with van der Waals surface area (Å²) in [5.74, 6) is -0.451. The van der Waals surface area contributed by atoms with Gasteiger partial charge in [-0.15, -0.1) is 0 Å². The fraction of sp³-hybridized carbons (Fsp3) is 0.174. The smallest absolute Gasteiger partial charge is 0.261 e. The zero-order valence-corrected chi connectivity index (χ0v) is 20.6. The molecule has 0 aliphatic carbocycles. The molecule has 0 saturated heterocycles. The number of nitrogens with one attached hydrogen (secondary N) is 2. The Labute approximate surface area is 198 Å². The Morgan fingerprint density at radius 3 is 2.00 bits per heavy atom. The molecule has 1 atom stereocenters. The summed E-state index contributed by atoms with van der Waals surface area (Å²) in [5, 5.41) is 2.88. The molecule has 0 radical (unpaired) electrons. The summed E-state index contributed by atoms with van der Waals surface area (Å²) in [6, 6.07) is 16.5. The second-order valence-electron chi connectivity index (χ2n) is 7.65.